The summed E-state index contributed by atoms with van der Waals surface area (Å²) in [5.41, 5.74) is 0. The molecule has 4 nitrogen and oxygen atoms in total. The molecule has 14 heavy (non-hydrogen) atoms. The highest BCUT2D eigenvalue weighted by Gasteiger charge is 2.14. The van der Waals surface area contributed by atoms with Gasteiger partial charge in [0.25, 0.3) is 0 Å². The number of rotatable bonds is 4. The van der Waals surface area contributed by atoms with Crippen LogP contribution in [0.15, 0.2) is 12.2 Å². The minimum absolute atomic E-state index is 0.0144. The Balaban J connectivity index is 2.17. The maximum Gasteiger partial charge on any atom is 0.243 e. The van der Waals surface area contributed by atoms with E-state index in [0.717, 1.165) is 26.1 Å². The predicted octanol–water partition coefficient (Wildman–Crippen LogP) is -0.418. The predicted molar refractivity (Wildman–Crippen MR) is 57.1 cm³/mol. The van der Waals surface area contributed by atoms with Crippen LogP contribution >= 0.6 is 0 Å². The molecule has 0 aromatic rings. The van der Waals surface area contributed by atoms with Gasteiger partial charge in [-0.1, -0.05) is 6.08 Å². The molecular weight excluding hydrogens is 178 g/mol. The zero-order valence-corrected chi connectivity index (χ0v) is 8.92. The van der Waals surface area contributed by atoms with Crippen LogP contribution in [0.5, 0.6) is 0 Å². The molecule has 4 heteroatoms. The third kappa shape index (κ3) is 4.39. The Hall–Kier alpha value is -0.870. The van der Waals surface area contributed by atoms with Crippen molar-refractivity contribution in [3.8, 4) is 0 Å². The number of amides is 1. The quantitative estimate of drug-likeness (QED) is 0.602. The van der Waals surface area contributed by atoms with Crippen LogP contribution in [0.3, 0.4) is 0 Å². The summed E-state index contributed by atoms with van der Waals surface area (Å²) in [4.78, 5) is 13.4. The first-order valence-electron chi connectivity index (χ1n) is 5.01. The minimum atomic E-state index is 0.0144. The van der Waals surface area contributed by atoms with Gasteiger partial charge in [0, 0.05) is 25.2 Å². The first-order valence-corrected chi connectivity index (χ1v) is 5.01. The summed E-state index contributed by atoms with van der Waals surface area (Å²) in [6.07, 6.45) is 4.52. The maximum absolute atomic E-state index is 11.3. The molecular formula is C10H19N3O. The largest absolute Gasteiger partial charge is 0.349 e. The standard InChI is InChI=1S/C10H19N3O/c1-13(2)7-3-4-10(14)12-9-5-6-11-8-9/h3-4,9,11H,5-8H2,1-2H3,(H,12,14)/b4-3+/t9-/m1/s1. The van der Waals surface area contributed by atoms with Crippen molar-refractivity contribution in [3.05, 3.63) is 12.2 Å². The lowest BCUT2D eigenvalue weighted by Gasteiger charge is -2.09. The van der Waals surface area contributed by atoms with E-state index in [1.54, 1.807) is 6.08 Å². The second kappa shape index (κ2) is 5.78. The van der Waals surface area contributed by atoms with Gasteiger partial charge in [-0.25, -0.2) is 0 Å². The second-order valence-electron chi connectivity index (χ2n) is 3.86. The molecule has 1 rings (SSSR count). The van der Waals surface area contributed by atoms with E-state index >= 15 is 0 Å². The molecule has 1 aliphatic rings. The zero-order valence-electron chi connectivity index (χ0n) is 8.92. The van der Waals surface area contributed by atoms with Gasteiger partial charge in [0.05, 0.1) is 0 Å². The highest BCUT2D eigenvalue weighted by atomic mass is 16.1. The molecule has 1 saturated heterocycles. The fourth-order valence-electron chi connectivity index (χ4n) is 1.40. The Morgan fingerprint density at radius 2 is 2.43 bits per heavy atom. The van der Waals surface area contributed by atoms with Gasteiger partial charge in [0.1, 0.15) is 0 Å². The van der Waals surface area contributed by atoms with Crippen LogP contribution in [-0.4, -0.2) is 50.6 Å². The second-order valence-corrected chi connectivity index (χ2v) is 3.86. The molecule has 1 aliphatic heterocycles. The van der Waals surface area contributed by atoms with E-state index in [1.807, 2.05) is 25.1 Å². The summed E-state index contributed by atoms with van der Waals surface area (Å²) < 4.78 is 0. The third-order valence-corrected chi connectivity index (χ3v) is 2.15. The number of carbonyl (C=O) groups is 1. The molecule has 1 fully saturated rings. The summed E-state index contributed by atoms with van der Waals surface area (Å²) in [6, 6.07) is 0.312. The Bertz CT molecular complexity index is 207. The van der Waals surface area contributed by atoms with E-state index in [1.165, 1.54) is 0 Å². The van der Waals surface area contributed by atoms with Gasteiger partial charge in [-0.15, -0.1) is 0 Å². The highest BCUT2D eigenvalue weighted by molar-refractivity contribution is 5.87. The topological polar surface area (TPSA) is 44.4 Å². The van der Waals surface area contributed by atoms with E-state index in [0.29, 0.717) is 6.04 Å². The molecule has 1 heterocycles. The van der Waals surface area contributed by atoms with Gasteiger partial charge in [-0.3, -0.25) is 4.79 Å². The van der Waals surface area contributed by atoms with Crippen molar-refractivity contribution in [2.75, 3.05) is 33.7 Å². The van der Waals surface area contributed by atoms with E-state index < -0.39 is 0 Å². The molecule has 1 amide bonds. The molecule has 0 radical (unpaired) electrons. The van der Waals surface area contributed by atoms with E-state index in [9.17, 15) is 4.79 Å². The van der Waals surface area contributed by atoms with Crippen molar-refractivity contribution >= 4 is 5.91 Å². The summed E-state index contributed by atoms with van der Waals surface area (Å²) in [5, 5.41) is 6.15. The van der Waals surface area contributed by atoms with Crippen LogP contribution in [0.25, 0.3) is 0 Å². The monoisotopic (exact) mass is 197 g/mol. The smallest absolute Gasteiger partial charge is 0.243 e. The minimum Gasteiger partial charge on any atom is -0.349 e. The zero-order chi connectivity index (χ0) is 10.4. The summed E-state index contributed by atoms with van der Waals surface area (Å²) in [6.45, 7) is 2.70. The van der Waals surface area contributed by atoms with Crippen molar-refractivity contribution in [3.63, 3.8) is 0 Å². The SMILES string of the molecule is CN(C)C/C=C/C(=O)N[C@@H]1CCNC1. The number of hydrogen-bond acceptors (Lipinski definition) is 3. The number of nitrogens with one attached hydrogen (secondary N) is 2. The van der Waals surface area contributed by atoms with E-state index in [-0.39, 0.29) is 5.91 Å². The molecule has 0 aliphatic carbocycles. The maximum atomic E-state index is 11.3. The van der Waals surface area contributed by atoms with Gasteiger partial charge in [0.2, 0.25) is 5.91 Å². The van der Waals surface area contributed by atoms with Gasteiger partial charge in [0.15, 0.2) is 0 Å². The number of carbonyl (C=O) groups excluding carboxylic acids is 1. The fourth-order valence-corrected chi connectivity index (χ4v) is 1.40. The highest BCUT2D eigenvalue weighted by Crippen LogP contribution is 1.96. The van der Waals surface area contributed by atoms with Crippen molar-refractivity contribution in [1.29, 1.82) is 0 Å². The molecule has 0 bridgehead atoms. The van der Waals surface area contributed by atoms with Gasteiger partial charge >= 0.3 is 0 Å². The molecule has 2 N–H and O–H groups in total. The average Bonchev–Trinajstić information content (AvgIpc) is 2.56. The van der Waals surface area contributed by atoms with Crippen LogP contribution in [0, 0.1) is 0 Å². The lowest BCUT2D eigenvalue weighted by atomic mass is 10.2. The number of nitrogens with zero attached hydrogens (tertiary/aromatic N) is 1. The van der Waals surface area contributed by atoms with Gasteiger partial charge < -0.3 is 15.5 Å². The lowest BCUT2D eigenvalue weighted by Crippen LogP contribution is -2.35. The Morgan fingerprint density at radius 1 is 1.64 bits per heavy atom. The van der Waals surface area contributed by atoms with Crippen LogP contribution < -0.4 is 10.6 Å². The van der Waals surface area contributed by atoms with E-state index in [2.05, 4.69) is 10.6 Å². The number of likely N-dealkylation sites (N-methyl/N-ethyl adjacent to an activating group) is 1. The fraction of sp³-hybridized carbons (Fsp3) is 0.700. The Kier molecular flexibility index (Phi) is 4.62. The van der Waals surface area contributed by atoms with Gasteiger partial charge in [-0.05, 0) is 27.1 Å². The van der Waals surface area contributed by atoms with Gasteiger partial charge in [-0.2, -0.15) is 0 Å². The molecule has 0 aromatic heterocycles. The molecule has 0 unspecified atom stereocenters. The molecule has 0 spiro atoms. The van der Waals surface area contributed by atoms with E-state index in [4.69, 9.17) is 0 Å². The average molecular weight is 197 g/mol. The normalized spacial score (nSPS) is 22.1. The molecule has 0 saturated carbocycles. The van der Waals surface area contributed by atoms with Crippen molar-refractivity contribution in [2.24, 2.45) is 0 Å². The number of hydrogen-bond donors (Lipinski definition) is 2. The van der Waals surface area contributed by atoms with Crippen LogP contribution in [0.2, 0.25) is 0 Å². The Labute approximate surface area is 85.3 Å². The van der Waals surface area contributed by atoms with Crippen molar-refractivity contribution < 1.29 is 4.79 Å². The Morgan fingerprint density at radius 3 is 3.00 bits per heavy atom. The van der Waals surface area contributed by atoms with Crippen LogP contribution in [0.4, 0.5) is 0 Å². The third-order valence-electron chi connectivity index (χ3n) is 2.15. The first kappa shape index (κ1) is 11.2. The molecule has 80 valence electrons. The summed E-state index contributed by atoms with van der Waals surface area (Å²) >= 11 is 0. The molecule has 0 aromatic carbocycles. The summed E-state index contributed by atoms with van der Waals surface area (Å²) in [5.74, 6) is 0.0144. The van der Waals surface area contributed by atoms with Crippen molar-refractivity contribution in [2.45, 2.75) is 12.5 Å². The van der Waals surface area contributed by atoms with Crippen molar-refractivity contribution in [1.82, 2.24) is 15.5 Å². The molecule has 1 atom stereocenters. The lowest BCUT2D eigenvalue weighted by molar-refractivity contribution is -0.117. The van der Waals surface area contributed by atoms with Crippen LogP contribution in [-0.2, 0) is 4.79 Å². The van der Waals surface area contributed by atoms with Crippen LogP contribution in [0.1, 0.15) is 6.42 Å². The first-order chi connectivity index (χ1) is 6.68. The summed E-state index contributed by atoms with van der Waals surface area (Å²) in [7, 11) is 3.95.